The molecule has 0 saturated heterocycles. The summed E-state index contributed by atoms with van der Waals surface area (Å²) in [7, 11) is -2.56. The third-order valence-electron chi connectivity index (χ3n) is 2.18. The standard InChI is InChI=1S/C9H11O3P/c1-6-4-5-9(12-13(10)11)8(3)7(6)2/h4-5H,1-3H3/p+1. The van der Waals surface area contributed by atoms with Gasteiger partial charge in [-0.25, -0.2) is 4.52 Å². The number of hydrogen-bond donors (Lipinski definition) is 1. The van der Waals surface area contributed by atoms with Crippen LogP contribution in [0.2, 0.25) is 0 Å². The molecule has 0 heterocycles. The van der Waals surface area contributed by atoms with Gasteiger partial charge in [-0.15, -0.1) is 4.89 Å². The zero-order valence-electron chi connectivity index (χ0n) is 7.87. The average molecular weight is 199 g/mol. The van der Waals surface area contributed by atoms with Crippen molar-refractivity contribution in [3.8, 4) is 5.75 Å². The molecule has 0 aliphatic rings. The van der Waals surface area contributed by atoms with Crippen molar-refractivity contribution in [1.29, 1.82) is 0 Å². The molecule has 0 fully saturated rings. The third kappa shape index (κ3) is 2.27. The third-order valence-corrected chi connectivity index (χ3v) is 2.54. The van der Waals surface area contributed by atoms with Crippen LogP contribution in [0.25, 0.3) is 0 Å². The molecule has 70 valence electrons. The molecule has 0 radical (unpaired) electrons. The SMILES string of the molecule is Cc1ccc(O[P+](=O)O)c(C)c1C. The van der Waals surface area contributed by atoms with Gasteiger partial charge in [0.1, 0.15) is 0 Å². The quantitative estimate of drug-likeness (QED) is 0.744. The molecule has 1 aromatic rings. The van der Waals surface area contributed by atoms with Gasteiger partial charge in [0.15, 0.2) is 5.75 Å². The van der Waals surface area contributed by atoms with Crippen LogP contribution in [0.3, 0.4) is 0 Å². The Morgan fingerprint density at radius 1 is 1.23 bits per heavy atom. The molecule has 0 amide bonds. The minimum Gasteiger partial charge on any atom is -0.229 e. The van der Waals surface area contributed by atoms with E-state index in [0.29, 0.717) is 5.75 Å². The van der Waals surface area contributed by atoms with E-state index >= 15 is 0 Å². The van der Waals surface area contributed by atoms with Gasteiger partial charge in [-0.05, 0) is 38.0 Å². The maximum absolute atomic E-state index is 10.4. The van der Waals surface area contributed by atoms with E-state index in [0.717, 1.165) is 16.7 Å². The van der Waals surface area contributed by atoms with Crippen LogP contribution in [0.15, 0.2) is 12.1 Å². The van der Waals surface area contributed by atoms with Crippen LogP contribution >= 0.6 is 8.25 Å². The normalized spacial score (nSPS) is 11.2. The van der Waals surface area contributed by atoms with Crippen LogP contribution in [0.4, 0.5) is 0 Å². The molecule has 0 aromatic heterocycles. The van der Waals surface area contributed by atoms with E-state index in [-0.39, 0.29) is 0 Å². The Bertz CT molecular complexity index is 347. The molecule has 0 aliphatic heterocycles. The van der Waals surface area contributed by atoms with Crippen molar-refractivity contribution in [2.75, 3.05) is 0 Å². The van der Waals surface area contributed by atoms with Gasteiger partial charge in [0.2, 0.25) is 0 Å². The van der Waals surface area contributed by atoms with Crippen LogP contribution in [-0.2, 0) is 4.57 Å². The Hall–Kier alpha value is -0.920. The van der Waals surface area contributed by atoms with Gasteiger partial charge in [-0.1, -0.05) is 6.07 Å². The second kappa shape index (κ2) is 3.86. The lowest BCUT2D eigenvalue weighted by atomic mass is 10.0. The molecule has 1 N–H and O–H groups in total. The zero-order chi connectivity index (χ0) is 10.0. The summed E-state index contributed by atoms with van der Waals surface area (Å²) < 4.78 is 15.2. The molecule has 1 unspecified atom stereocenters. The molecule has 1 atom stereocenters. The van der Waals surface area contributed by atoms with Crippen LogP contribution in [0, 0.1) is 20.8 Å². The van der Waals surface area contributed by atoms with E-state index in [1.165, 1.54) is 0 Å². The number of hydrogen-bond acceptors (Lipinski definition) is 2. The van der Waals surface area contributed by atoms with E-state index in [1.807, 2.05) is 26.8 Å². The molecule has 0 spiro atoms. The summed E-state index contributed by atoms with van der Waals surface area (Å²) in [4.78, 5) is 8.58. The predicted molar refractivity (Wildman–Crippen MR) is 51.1 cm³/mol. The van der Waals surface area contributed by atoms with Crippen molar-refractivity contribution >= 4 is 8.25 Å². The Labute approximate surface area is 78.3 Å². The fourth-order valence-corrected chi connectivity index (χ4v) is 1.48. The topological polar surface area (TPSA) is 46.5 Å². The summed E-state index contributed by atoms with van der Waals surface area (Å²) in [5, 5.41) is 0. The molecule has 0 aliphatic carbocycles. The lowest BCUT2D eigenvalue weighted by Gasteiger charge is -2.05. The van der Waals surface area contributed by atoms with E-state index in [2.05, 4.69) is 0 Å². The Kier molecular flexibility index (Phi) is 3.02. The van der Waals surface area contributed by atoms with Crippen LogP contribution in [0.1, 0.15) is 16.7 Å². The van der Waals surface area contributed by atoms with Gasteiger partial charge < -0.3 is 0 Å². The van der Waals surface area contributed by atoms with Crippen molar-refractivity contribution in [1.82, 2.24) is 0 Å². The Morgan fingerprint density at radius 3 is 2.38 bits per heavy atom. The first-order valence-electron chi connectivity index (χ1n) is 3.93. The maximum Gasteiger partial charge on any atom is 0.747 e. The second-order valence-electron chi connectivity index (χ2n) is 2.96. The number of rotatable bonds is 2. The molecule has 13 heavy (non-hydrogen) atoms. The van der Waals surface area contributed by atoms with E-state index < -0.39 is 8.25 Å². The lowest BCUT2D eigenvalue weighted by Crippen LogP contribution is -1.90. The van der Waals surface area contributed by atoms with Crippen LogP contribution < -0.4 is 4.52 Å². The number of aryl methyl sites for hydroxylation is 1. The van der Waals surface area contributed by atoms with Crippen LogP contribution in [0.5, 0.6) is 5.75 Å². The van der Waals surface area contributed by atoms with Crippen molar-refractivity contribution < 1.29 is 14.0 Å². The van der Waals surface area contributed by atoms with E-state index in [9.17, 15) is 4.57 Å². The first kappa shape index (κ1) is 10.2. The molecule has 3 nitrogen and oxygen atoms in total. The molecular formula is C9H12O3P+. The highest BCUT2D eigenvalue weighted by Gasteiger charge is 2.17. The fourth-order valence-electron chi connectivity index (χ4n) is 1.11. The highest BCUT2D eigenvalue weighted by molar-refractivity contribution is 7.32. The van der Waals surface area contributed by atoms with E-state index in [1.54, 1.807) is 6.07 Å². The molecule has 0 bridgehead atoms. The minimum absolute atomic E-state index is 0.478. The molecule has 0 saturated carbocycles. The van der Waals surface area contributed by atoms with Crippen molar-refractivity contribution in [2.24, 2.45) is 0 Å². The first-order chi connectivity index (χ1) is 6.02. The summed E-state index contributed by atoms with van der Waals surface area (Å²) >= 11 is 0. The minimum atomic E-state index is -2.56. The molecule has 1 aromatic carbocycles. The summed E-state index contributed by atoms with van der Waals surface area (Å²) in [5.74, 6) is 0.478. The average Bonchev–Trinajstić information content (AvgIpc) is 2.06. The largest absolute Gasteiger partial charge is 0.747 e. The Morgan fingerprint density at radius 2 is 1.85 bits per heavy atom. The smallest absolute Gasteiger partial charge is 0.229 e. The van der Waals surface area contributed by atoms with Crippen LogP contribution in [-0.4, -0.2) is 4.89 Å². The highest BCUT2D eigenvalue weighted by Crippen LogP contribution is 2.29. The summed E-state index contributed by atoms with van der Waals surface area (Å²) in [6, 6.07) is 3.58. The van der Waals surface area contributed by atoms with Gasteiger partial charge in [0.25, 0.3) is 0 Å². The van der Waals surface area contributed by atoms with Gasteiger partial charge in [-0.3, -0.25) is 0 Å². The molecule has 4 heteroatoms. The van der Waals surface area contributed by atoms with Crippen molar-refractivity contribution in [2.45, 2.75) is 20.8 Å². The summed E-state index contributed by atoms with van der Waals surface area (Å²) in [6.45, 7) is 5.82. The predicted octanol–water partition coefficient (Wildman–Crippen LogP) is 2.64. The van der Waals surface area contributed by atoms with Gasteiger partial charge in [0, 0.05) is 10.1 Å². The van der Waals surface area contributed by atoms with Gasteiger partial charge in [0.05, 0.1) is 0 Å². The summed E-state index contributed by atoms with van der Waals surface area (Å²) in [6.07, 6.45) is 0. The first-order valence-corrected chi connectivity index (χ1v) is 5.06. The van der Waals surface area contributed by atoms with Gasteiger partial charge in [-0.2, -0.15) is 0 Å². The fraction of sp³-hybridized carbons (Fsp3) is 0.333. The molecular weight excluding hydrogens is 187 g/mol. The molecule has 1 rings (SSSR count). The van der Waals surface area contributed by atoms with Crippen molar-refractivity contribution in [3.63, 3.8) is 0 Å². The summed E-state index contributed by atoms with van der Waals surface area (Å²) in [5.41, 5.74) is 3.16. The Balaban J connectivity index is 3.10. The van der Waals surface area contributed by atoms with Crippen molar-refractivity contribution in [3.05, 3.63) is 28.8 Å². The monoisotopic (exact) mass is 199 g/mol. The maximum atomic E-state index is 10.4. The number of benzene rings is 1. The zero-order valence-corrected chi connectivity index (χ0v) is 8.76. The van der Waals surface area contributed by atoms with Gasteiger partial charge >= 0.3 is 8.25 Å². The second-order valence-corrected chi connectivity index (χ2v) is 3.62. The van der Waals surface area contributed by atoms with E-state index in [4.69, 9.17) is 9.42 Å². The highest BCUT2D eigenvalue weighted by atomic mass is 31.1. The lowest BCUT2D eigenvalue weighted by molar-refractivity contribution is 0.409.